The van der Waals surface area contributed by atoms with Gasteiger partial charge in [-0.15, -0.1) is 11.3 Å². The van der Waals surface area contributed by atoms with Gasteiger partial charge in [0, 0.05) is 23.2 Å². The van der Waals surface area contributed by atoms with Crippen LogP contribution in [0.4, 0.5) is 5.69 Å². The number of ether oxygens (including phenoxy) is 1. The van der Waals surface area contributed by atoms with E-state index in [1.807, 2.05) is 20.8 Å². The number of pyridine rings is 1. The number of nitrogens with one attached hydrogen (secondary N) is 1. The summed E-state index contributed by atoms with van der Waals surface area (Å²) in [5, 5.41) is 3.22. The zero-order chi connectivity index (χ0) is 20.9. The van der Waals surface area contributed by atoms with Crippen LogP contribution >= 0.6 is 11.3 Å². The molecule has 29 heavy (non-hydrogen) atoms. The highest BCUT2D eigenvalue weighted by molar-refractivity contribution is 7.21. The Bertz CT molecular complexity index is 1320. The van der Waals surface area contributed by atoms with Crippen molar-refractivity contribution in [1.82, 2.24) is 10.3 Å². The van der Waals surface area contributed by atoms with E-state index in [4.69, 9.17) is 15.0 Å². The van der Waals surface area contributed by atoms with Crippen LogP contribution in [0, 0.1) is 20.8 Å². The number of hydrogen-bond donors (Lipinski definition) is 2. The van der Waals surface area contributed by atoms with E-state index in [-0.39, 0.29) is 10.6 Å². The summed E-state index contributed by atoms with van der Waals surface area (Å²) in [5.41, 5.74) is 9.12. The van der Waals surface area contributed by atoms with Gasteiger partial charge in [0.15, 0.2) is 0 Å². The summed E-state index contributed by atoms with van der Waals surface area (Å²) in [4.78, 5) is 31.1. The molecule has 148 valence electrons. The van der Waals surface area contributed by atoms with Gasteiger partial charge in [-0.2, -0.15) is 0 Å². The lowest BCUT2D eigenvalue weighted by molar-refractivity contribution is -0.672. The fraction of sp³-hybridized carbons (Fsp3) is 0.200. The summed E-state index contributed by atoms with van der Waals surface area (Å²) in [6.45, 7) is 5.83. The number of H-pyrrole nitrogens is 1. The zero-order valence-corrected chi connectivity index (χ0v) is 17.1. The number of nitrogens with zero attached hydrogens (tertiary/aromatic N) is 2. The fourth-order valence-electron chi connectivity index (χ4n) is 3.22. The highest BCUT2D eigenvalue weighted by Gasteiger charge is 2.35. The topological polar surface area (TPSA) is 115 Å². The van der Waals surface area contributed by atoms with Crippen LogP contribution in [0.1, 0.15) is 32.2 Å². The van der Waals surface area contributed by atoms with Gasteiger partial charge in [-0.05, 0) is 54.0 Å². The molecule has 8 nitrogen and oxygen atoms in total. The minimum atomic E-state index is -0.778. The number of ketones is 1. The SMILES string of the molecule is COc1ccc(-[n+]2[nH]oc(=O)c2C(=O)c2sc3nc(C)c(C)c(C)c3c2N)cc1. The van der Waals surface area contributed by atoms with Crippen LogP contribution in [-0.4, -0.2) is 23.1 Å². The third-order valence-electron chi connectivity index (χ3n) is 5.07. The largest absolute Gasteiger partial charge is 0.497 e. The first-order chi connectivity index (χ1) is 13.8. The summed E-state index contributed by atoms with van der Waals surface area (Å²) in [7, 11) is 1.56. The molecule has 3 N–H and O–H groups in total. The Hall–Kier alpha value is -3.46. The highest BCUT2D eigenvalue weighted by atomic mass is 32.1. The number of aryl methyl sites for hydroxylation is 2. The minimum Gasteiger partial charge on any atom is -0.497 e. The monoisotopic (exact) mass is 411 g/mol. The Kier molecular flexibility index (Phi) is 4.46. The Labute approximate surface area is 169 Å². The molecule has 3 aromatic heterocycles. The van der Waals surface area contributed by atoms with Crippen molar-refractivity contribution >= 4 is 33.0 Å². The van der Waals surface area contributed by atoms with E-state index < -0.39 is 11.4 Å². The molecule has 1 aromatic carbocycles. The van der Waals surface area contributed by atoms with Gasteiger partial charge in [0.1, 0.15) is 15.5 Å². The number of aromatic nitrogens is 3. The number of hydrogen-bond acceptors (Lipinski definition) is 7. The molecule has 4 aromatic rings. The molecule has 0 spiro atoms. The standard InChI is InChI=1S/C20H18N4O4S/c1-9-10(2)14-15(21)18(29-19(14)22-11(9)3)17(25)16-20(26)28-23-24(16)12-5-7-13(27-4)8-6-12/h5-8H,1-4H3,(H2-,21,23,25,26)/p+1. The van der Waals surface area contributed by atoms with Gasteiger partial charge in [-0.3, -0.25) is 9.32 Å². The Morgan fingerprint density at radius 1 is 1.21 bits per heavy atom. The molecule has 0 bridgehead atoms. The van der Waals surface area contributed by atoms with Crippen molar-refractivity contribution < 1.29 is 18.7 Å². The van der Waals surface area contributed by atoms with Crippen LogP contribution in [0.2, 0.25) is 0 Å². The van der Waals surface area contributed by atoms with Crippen LogP contribution in [0.3, 0.4) is 0 Å². The maximum atomic E-state index is 13.3. The molecule has 0 aliphatic carbocycles. The summed E-state index contributed by atoms with van der Waals surface area (Å²) in [5.74, 6) is 0.125. The smallest absolute Gasteiger partial charge is 0.439 e. The normalized spacial score (nSPS) is 11.2. The second kappa shape index (κ2) is 6.85. The third-order valence-corrected chi connectivity index (χ3v) is 6.17. The van der Waals surface area contributed by atoms with E-state index >= 15 is 0 Å². The fourth-order valence-corrected chi connectivity index (χ4v) is 4.37. The van der Waals surface area contributed by atoms with Gasteiger partial charge < -0.3 is 10.5 Å². The Morgan fingerprint density at radius 3 is 2.55 bits per heavy atom. The van der Waals surface area contributed by atoms with Gasteiger partial charge >= 0.3 is 11.3 Å². The van der Waals surface area contributed by atoms with E-state index in [0.29, 0.717) is 22.0 Å². The maximum Gasteiger partial charge on any atom is 0.439 e. The average molecular weight is 411 g/mol. The molecule has 3 heterocycles. The Morgan fingerprint density at radius 2 is 1.90 bits per heavy atom. The van der Waals surface area contributed by atoms with E-state index in [1.54, 1.807) is 31.4 Å². The van der Waals surface area contributed by atoms with Crippen LogP contribution in [-0.2, 0) is 0 Å². The summed E-state index contributed by atoms with van der Waals surface area (Å²) in [6, 6.07) is 6.84. The number of carbonyl (C=O) groups is 1. The molecular weight excluding hydrogens is 392 g/mol. The van der Waals surface area contributed by atoms with Crippen LogP contribution < -0.4 is 20.8 Å². The molecule has 0 fully saturated rings. The van der Waals surface area contributed by atoms with Gasteiger partial charge in [-0.25, -0.2) is 9.78 Å². The Balaban J connectivity index is 1.88. The molecule has 0 aliphatic rings. The predicted molar refractivity (Wildman–Crippen MR) is 109 cm³/mol. The summed E-state index contributed by atoms with van der Waals surface area (Å²) in [6.07, 6.45) is 0. The first-order valence-electron chi connectivity index (χ1n) is 8.82. The van der Waals surface area contributed by atoms with Gasteiger partial charge in [0.2, 0.25) is 5.69 Å². The lowest BCUT2D eigenvalue weighted by atomic mass is 10.0. The number of benzene rings is 1. The molecular formula is C20H19N4O4S+. The first kappa shape index (κ1) is 18.9. The lowest BCUT2D eigenvalue weighted by Crippen LogP contribution is -2.41. The van der Waals surface area contributed by atoms with E-state index in [0.717, 1.165) is 22.2 Å². The number of methoxy groups -OCH3 is 1. The summed E-state index contributed by atoms with van der Waals surface area (Å²) < 4.78 is 11.3. The number of fused-ring (bicyclic) bond motifs is 1. The molecule has 9 heteroatoms. The maximum absolute atomic E-state index is 13.3. The molecule has 0 amide bonds. The average Bonchev–Trinajstić information content (AvgIpc) is 3.26. The highest BCUT2D eigenvalue weighted by Crippen LogP contribution is 2.37. The number of aromatic amines is 1. The van der Waals surface area contributed by atoms with Crippen molar-refractivity contribution in [3.8, 4) is 11.4 Å². The number of carbonyl (C=O) groups excluding carboxylic acids is 1. The zero-order valence-electron chi connectivity index (χ0n) is 16.3. The quantitative estimate of drug-likeness (QED) is 0.394. The van der Waals surface area contributed by atoms with Crippen molar-refractivity contribution in [2.75, 3.05) is 12.8 Å². The van der Waals surface area contributed by atoms with Gasteiger partial charge in [0.25, 0.3) is 5.78 Å². The van der Waals surface area contributed by atoms with Gasteiger partial charge in [-0.1, -0.05) is 0 Å². The second-order valence-corrected chi connectivity index (χ2v) is 7.66. The summed E-state index contributed by atoms with van der Waals surface area (Å²) >= 11 is 1.17. The van der Waals surface area contributed by atoms with Crippen molar-refractivity contribution in [2.24, 2.45) is 0 Å². The number of nitrogen functional groups attached to an aromatic ring is 1. The van der Waals surface area contributed by atoms with E-state index in [1.165, 1.54) is 16.0 Å². The molecule has 0 unspecified atom stereocenters. The number of nitrogens with two attached hydrogens (primary N) is 1. The van der Waals surface area contributed by atoms with E-state index in [2.05, 4.69) is 10.3 Å². The molecule has 0 saturated heterocycles. The van der Waals surface area contributed by atoms with Gasteiger partial charge in [0.05, 0.1) is 12.8 Å². The van der Waals surface area contributed by atoms with Crippen LogP contribution in [0.15, 0.2) is 33.6 Å². The molecule has 0 saturated carbocycles. The molecule has 4 rings (SSSR count). The van der Waals surface area contributed by atoms with Crippen LogP contribution in [0.25, 0.3) is 15.9 Å². The molecule has 0 atom stereocenters. The van der Waals surface area contributed by atoms with Crippen LogP contribution in [0.5, 0.6) is 5.75 Å². The van der Waals surface area contributed by atoms with Crippen molar-refractivity contribution in [3.63, 3.8) is 0 Å². The first-order valence-corrected chi connectivity index (χ1v) is 9.63. The predicted octanol–water partition coefficient (Wildman–Crippen LogP) is 2.60. The molecule has 0 aliphatic heterocycles. The van der Waals surface area contributed by atoms with E-state index in [9.17, 15) is 9.59 Å². The molecule has 0 radical (unpaired) electrons. The third kappa shape index (κ3) is 2.90. The number of thiophene rings is 1. The number of rotatable bonds is 4. The lowest BCUT2D eigenvalue weighted by Gasteiger charge is -2.05. The van der Waals surface area contributed by atoms with Crippen molar-refractivity contribution in [2.45, 2.75) is 20.8 Å². The van der Waals surface area contributed by atoms with Crippen molar-refractivity contribution in [1.29, 1.82) is 0 Å². The second-order valence-electron chi connectivity index (χ2n) is 6.66. The number of anilines is 1. The minimum absolute atomic E-state index is 0.167. The van der Waals surface area contributed by atoms with Crippen molar-refractivity contribution in [3.05, 3.63) is 62.1 Å².